The third-order valence-electron chi connectivity index (χ3n) is 6.85. The van der Waals surface area contributed by atoms with E-state index in [0.29, 0.717) is 11.7 Å². The van der Waals surface area contributed by atoms with Gasteiger partial charge in [0.25, 0.3) is 0 Å². The van der Waals surface area contributed by atoms with Crippen molar-refractivity contribution in [1.82, 2.24) is 10.1 Å². The normalized spacial score (nSPS) is 18.9. The molecule has 2 aromatic carbocycles. The molecule has 1 aliphatic rings. The predicted octanol–water partition coefficient (Wildman–Crippen LogP) is 8.21. The van der Waals surface area contributed by atoms with Gasteiger partial charge < -0.3 is 4.52 Å². The average molecular weight is 417 g/mol. The van der Waals surface area contributed by atoms with E-state index in [9.17, 15) is 0 Å². The fourth-order valence-corrected chi connectivity index (χ4v) is 4.91. The highest BCUT2D eigenvalue weighted by molar-refractivity contribution is 5.67. The number of benzene rings is 2. The predicted molar refractivity (Wildman–Crippen MR) is 128 cm³/mol. The van der Waals surface area contributed by atoms with Crippen molar-refractivity contribution < 1.29 is 4.52 Å². The van der Waals surface area contributed by atoms with E-state index in [1.807, 2.05) is 0 Å². The van der Waals surface area contributed by atoms with Gasteiger partial charge >= 0.3 is 0 Å². The lowest BCUT2D eigenvalue weighted by molar-refractivity contribution is 0.303. The Bertz CT molecular complexity index is 918. The highest BCUT2D eigenvalue weighted by Gasteiger charge is 2.22. The van der Waals surface area contributed by atoms with E-state index in [2.05, 4.69) is 72.5 Å². The largest absolute Gasteiger partial charge is 0.339 e. The standard InChI is InChI=1S/C28H36N2O/c1-3-5-6-8-21-9-11-22(12-10-21)23-13-15-24(16-14-23)25-17-19-26(20-18-25)28-29-27(7-4-2)31-30-28/h13-22H,3-12H2,1-2H3. The zero-order chi connectivity index (χ0) is 21.5. The first-order chi connectivity index (χ1) is 15.3. The summed E-state index contributed by atoms with van der Waals surface area (Å²) in [7, 11) is 0. The molecule has 3 heteroatoms. The molecule has 0 radical (unpaired) electrons. The topological polar surface area (TPSA) is 38.9 Å². The smallest absolute Gasteiger partial charge is 0.226 e. The molecule has 0 spiro atoms. The van der Waals surface area contributed by atoms with Gasteiger partial charge in [-0.3, -0.25) is 0 Å². The summed E-state index contributed by atoms with van der Waals surface area (Å²) < 4.78 is 5.31. The van der Waals surface area contributed by atoms with E-state index < -0.39 is 0 Å². The fourth-order valence-electron chi connectivity index (χ4n) is 4.91. The zero-order valence-electron chi connectivity index (χ0n) is 19.1. The molecule has 0 unspecified atom stereocenters. The highest BCUT2D eigenvalue weighted by atomic mass is 16.5. The molecule has 0 atom stereocenters. The van der Waals surface area contributed by atoms with Crippen LogP contribution in [0.3, 0.4) is 0 Å². The number of aromatic nitrogens is 2. The zero-order valence-corrected chi connectivity index (χ0v) is 19.1. The molecule has 1 saturated carbocycles. The molecule has 31 heavy (non-hydrogen) atoms. The Balaban J connectivity index is 1.35. The van der Waals surface area contributed by atoms with Crippen LogP contribution in [0.15, 0.2) is 53.1 Å². The van der Waals surface area contributed by atoms with Crippen molar-refractivity contribution in [3.05, 3.63) is 60.0 Å². The minimum absolute atomic E-state index is 0.677. The molecule has 0 aliphatic heterocycles. The molecule has 1 aromatic heterocycles. The Kier molecular flexibility index (Phi) is 7.56. The summed E-state index contributed by atoms with van der Waals surface area (Å²) in [5, 5.41) is 4.11. The number of unbranched alkanes of at least 4 members (excludes halogenated alkanes) is 2. The molecule has 1 aliphatic carbocycles. The summed E-state index contributed by atoms with van der Waals surface area (Å²) in [6.07, 6.45) is 13.0. The van der Waals surface area contributed by atoms with Crippen molar-refractivity contribution in [2.75, 3.05) is 0 Å². The van der Waals surface area contributed by atoms with Gasteiger partial charge in [-0.1, -0.05) is 93.2 Å². The number of hydrogen-bond donors (Lipinski definition) is 0. The van der Waals surface area contributed by atoms with Crippen molar-refractivity contribution >= 4 is 0 Å². The van der Waals surface area contributed by atoms with Crippen LogP contribution in [0.1, 0.15) is 89.0 Å². The van der Waals surface area contributed by atoms with Crippen molar-refractivity contribution in [3.8, 4) is 22.5 Å². The highest BCUT2D eigenvalue weighted by Crippen LogP contribution is 2.38. The van der Waals surface area contributed by atoms with E-state index in [4.69, 9.17) is 4.52 Å². The molecular formula is C28H36N2O. The SMILES string of the molecule is CCCCCC1CCC(c2ccc(-c3ccc(-c4noc(CCC)n4)cc3)cc2)CC1. The maximum Gasteiger partial charge on any atom is 0.226 e. The molecule has 164 valence electrons. The van der Waals surface area contributed by atoms with Crippen LogP contribution in [0.4, 0.5) is 0 Å². The third kappa shape index (κ3) is 5.64. The van der Waals surface area contributed by atoms with Crippen LogP contribution in [0.5, 0.6) is 0 Å². The number of rotatable bonds is 9. The maximum atomic E-state index is 5.31. The third-order valence-corrected chi connectivity index (χ3v) is 6.85. The molecule has 1 fully saturated rings. The summed E-state index contributed by atoms with van der Waals surface area (Å²) in [4.78, 5) is 4.48. The second-order valence-corrected chi connectivity index (χ2v) is 9.17. The fraction of sp³-hybridized carbons (Fsp3) is 0.500. The Labute approximate surface area is 187 Å². The van der Waals surface area contributed by atoms with Crippen LogP contribution >= 0.6 is 0 Å². The van der Waals surface area contributed by atoms with Crippen molar-refractivity contribution in [3.63, 3.8) is 0 Å². The molecule has 0 saturated heterocycles. The van der Waals surface area contributed by atoms with Gasteiger partial charge in [0.05, 0.1) is 0 Å². The molecule has 4 rings (SSSR count). The van der Waals surface area contributed by atoms with E-state index in [-0.39, 0.29) is 0 Å². The van der Waals surface area contributed by atoms with E-state index in [0.717, 1.165) is 30.2 Å². The second-order valence-electron chi connectivity index (χ2n) is 9.17. The lowest BCUT2D eigenvalue weighted by atomic mass is 9.77. The number of aryl methyl sites for hydroxylation is 1. The quantitative estimate of drug-likeness (QED) is 0.330. The number of hydrogen-bond acceptors (Lipinski definition) is 3. The molecule has 0 N–H and O–H groups in total. The monoisotopic (exact) mass is 416 g/mol. The Hall–Kier alpha value is -2.42. The Morgan fingerprint density at radius 3 is 2.06 bits per heavy atom. The van der Waals surface area contributed by atoms with Gasteiger partial charge in [-0.2, -0.15) is 4.98 Å². The van der Waals surface area contributed by atoms with Crippen molar-refractivity contribution in [2.45, 2.75) is 84.0 Å². The molecule has 0 amide bonds. The summed E-state index contributed by atoms with van der Waals surface area (Å²) >= 11 is 0. The van der Waals surface area contributed by atoms with Crippen LogP contribution in [-0.4, -0.2) is 10.1 Å². The Morgan fingerprint density at radius 1 is 0.774 bits per heavy atom. The molecule has 0 bridgehead atoms. The van der Waals surface area contributed by atoms with Gasteiger partial charge in [-0.25, -0.2) is 0 Å². The van der Waals surface area contributed by atoms with E-state index >= 15 is 0 Å². The van der Waals surface area contributed by atoms with E-state index in [1.54, 1.807) is 0 Å². The minimum atomic E-state index is 0.677. The number of nitrogens with zero attached hydrogens (tertiary/aromatic N) is 2. The summed E-state index contributed by atoms with van der Waals surface area (Å²) in [6, 6.07) is 17.7. The van der Waals surface area contributed by atoms with Gasteiger partial charge in [0, 0.05) is 12.0 Å². The molecule has 3 aromatic rings. The molecule has 1 heterocycles. The second kappa shape index (κ2) is 10.7. The lowest BCUT2D eigenvalue weighted by Gasteiger charge is -2.29. The van der Waals surface area contributed by atoms with Gasteiger partial charge in [-0.15, -0.1) is 0 Å². The first kappa shape index (κ1) is 21.8. The summed E-state index contributed by atoms with van der Waals surface area (Å²) in [5.41, 5.74) is 5.01. The van der Waals surface area contributed by atoms with Crippen molar-refractivity contribution in [1.29, 1.82) is 0 Å². The molecular weight excluding hydrogens is 380 g/mol. The van der Waals surface area contributed by atoms with Gasteiger partial charge in [0.1, 0.15) is 0 Å². The summed E-state index contributed by atoms with van der Waals surface area (Å²) in [6.45, 7) is 4.41. The average Bonchev–Trinajstić information content (AvgIpc) is 3.29. The van der Waals surface area contributed by atoms with Crippen LogP contribution < -0.4 is 0 Å². The lowest BCUT2D eigenvalue weighted by Crippen LogP contribution is -2.13. The van der Waals surface area contributed by atoms with Crippen LogP contribution in [-0.2, 0) is 6.42 Å². The summed E-state index contributed by atoms with van der Waals surface area (Å²) in [5.74, 6) is 3.11. The first-order valence-electron chi connectivity index (χ1n) is 12.3. The van der Waals surface area contributed by atoms with Gasteiger partial charge in [0.15, 0.2) is 0 Å². The Morgan fingerprint density at radius 2 is 1.42 bits per heavy atom. The van der Waals surface area contributed by atoms with Crippen molar-refractivity contribution in [2.24, 2.45) is 5.92 Å². The van der Waals surface area contributed by atoms with Crippen LogP contribution in [0.2, 0.25) is 0 Å². The van der Waals surface area contributed by atoms with Crippen LogP contribution in [0, 0.1) is 5.92 Å². The van der Waals surface area contributed by atoms with Crippen LogP contribution in [0.25, 0.3) is 22.5 Å². The first-order valence-corrected chi connectivity index (χ1v) is 12.3. The van der Waals surface area contributed by atoms with Gasteiger partial charge in [0.2, 0.25) is 11.7 Å². The maximum absolute atomic E-state index is 5.31. The van der Waals surface area contributed by atoms with Gasteiger partial charge in [-0.05, 0) is 60.6 Å². The van der Waals surface area contributed by atoms with E-state index in [1.165, 1.54) is 68.1 Å². The molecule has 3 nitrogen and oxygen atoms in total. The minimum Gasteiger partial charge on any atom is -0.339 e.